The quantitative estimate of drug-likeness (QED) is 0.241. The van der Waals surface area contributed by atoms with Crippen LogP contribution in [0.15, 0.2) is 102 Å². The van der Waals surface area contributed by atoms with E-state index in [2.05, 4.69) is 32.3 Å². The molecule has 6 aromatic rings. The number of amides is 1. The van der Waals surface area contributed by atoms with Gasteiger partial charge in [0.1, 0.15) is 29.5 Å². The number of rotatable bonds is 8. The zero-order chi connectivity index (χ0) is 26.8. The first kappa shape index (κ1) is 24.1. The van der Waals surface area contributed by atoms with E-state index >= 15 is 0 Å². The summed E-state index contributed by atoms with van der Waals surface area (Å²) in [5.74, 6) is 1.43. The number of fused-ring (bicyclic) bond motifs is 2. The molecular weight excluding hydrogens is 495 g/mol. The minimum Gasteiger partial charge on any atom is -0.459 e. The van der Waals surface area contributed by atoms with Crippen LogP contribution in [0.5, 0.6) is 0 Å². The topological polar surface area (TPSA) is 97.9 Å². The predicted octanol–water partition coefficient (Wildman–Crippen LogP) is 5.97. The molecule has 192 valence electrons. The number of anilines is 2. The van der Waals surface area contributed by atoms with Crippen LogP contribution in [0.1, 0.15) is 11.3 Å². The molecule has 0 fully saturated rings. The number of nitrogens with zero attached hydrogens (tertiary/aromatic N) is 4. The summed E-state index contributed by atoms with van der Waals surface area (Å²) in [6.45, 7) is 4.20. The Labute approximate surface area is 222 Å². The first-order valence-corrected chi connectivity index (χ1v) is 12.3. The van der Waals surface area contributed by atoms with Gasteiger partial charge in [-0.25, -0.2) is 14.4 Å². The molecule has 9 heteroatoms. The number of carbonyl (C=O) groups excluding carboxylic acids is 1. The second-order valence-electron chi connectivity index (χ2n) is 8.97. The molecule has 0 aliphatic carbocycles. The monoisotopic (exact) mass is 518 g/mol. The number of carbonyl (C=O) groups is 1. The van der Waals surface area contributed by atoms with Crippen molar-refractivity contribution in [2.24, 2.45) is 0 Å². The Balaban J connectivity index is 1.25. The molecule has 3 heterocycles. The summed E-state index contributed by atoms with van der Waals surface area (Å²) in [4.78, 5) is 20.3. The lowest BCUT2D eigenvalue weighted by Gasteiger charge is -2.10. The highest BCUT2D eigenvalue weighted by Crippen LogP contribution is 2.30. The lowest BCUT2D eigenvalue weighted by molar-refractivity contribution is -0.116. The molecule has 1 amide bonds. The summed E-state index contributed by atoms with van der Waals surface area (Å²) in [6, 6.07) is 22.0. The molecule has 0 aliphatic heterocycles. The van der Waals surface area contributed by atoms with Crippen LogP contribution >= 0.6 is 0 Å². The van der Waals surface area contributed by atoms with Crippen molar-refractivity contribution in [3.8, 4) is 11.3 Å². The standard InChI is InChI=1S/C30H23FN6O2/c1-2-29(38)32-16-24-8-11-28(39-24)20-6-9-26-25(14-20)30(34-18-33-26)36-23-7-10-27-21(13-23)15-35-37(27)17-19-4-3-5-22(31)12-19/h2-15,18H,1,16-17H2,(H,32,38)(H,33,34,36). The number of hydrogen-bond donors (Lipinski definition) is 2. The van der Waals surface area contributed by atoms with E-state index in [1.165, 1.54) is 24.5 Å². The maximum absolute atomic E-state index is 13.6. The number of nitrogens with one attached hydrogen (secondary N) is 2. The molecule has 8 nitrogen and oxygen atoms in total. The van der Waals surface area contributed by atoms with Crippen molar-refractivity contribution in [2.75, 3.05) is 5.32 Å². The number of aromatic nitrogens is 4. The van der Waals surface area contributed by atoms with E-state index in [0.717, 1.165) is 38.6 Å². The van der Waals surface area contributed by atoms with Gasteiger partial charge >= 0.3 is 0 Å². The molecule has 0 spiro atoms. The fourth-order valence-electron chi connectivity index (χ4n) is 4.42. The van der Waals surface area contributed by atoms with Gasteiger partial charge in [-0.3, -0.25) is 9.48 Å². The van der Waals surface area contributed by atoms with Gasteiger partial charge in [0.2, 0.25) is 5.91 Å². The number of furan rings is 1. The molecule has 0 saturated carbocycles. The third-order valence-corrected chi connectivity index (χ3v) is 6.33. The maximum Gasteiger partial charge on any atom is 0.243 e. The number of benzene rings is 3. The third kappa shape index (κ3) is 5.10. The van der Waals surface area contributed by atoms with Crippen LogP contribution in [0.2, 0.25) is 0 Å². The highest BCUT2D eigenvalue weighted by molar-refractivity contribution is 5.94. The van der Waals surface area contributed by atoms with Gasteiger partial charge in [0, 0.05) is 22.0 Å². The molecule has 39 heavy (non-hydrogen) atoms. The molecule has 0 atom stereocenters. The Hall–Kier alpha value is -5.31. The Bertz CT molecular complexity index is 1840. The summed E-state index contributed by atoms with van der Waals surface area (Å²) in [6.07, 6.45) is 4.54. The molecular formula is C30H23FN6O2. The van der Waals surface area contributed by atoms with Crippen LogP contribution in [0.25, 0.3) is 33.1 Å². The second kappa shape index (κ2) is 10.2. The molecule has 0 unspecified atom stereocenters. The molecule has 0 saturated heterocycles. The first-order chi connectivity index (χ1) is 19.1. The third-order valence-electron chi connectivity index (χ3n) is 6.33. The fraction of sp³-hybridized carbons (Fsp3) is 0.0667. The van der Waals surface area contributed by atoms with E-state index in [1.54, 1.807) is 12.3 Å². The lowest BCUT2D eigenvalue weighted by atomic mass is 10.1. The van der Waals surface area contributed by atoms with Crippen LogP contribution in [-0.2, 0) is 17.9 Å². The number of halogens is 1. The van der Waals surface area contributed by atoms with Gasteiger partial charge in [0.05, 0.1) is 30.3 Å². The zero-order valence-electron chi connectivity index (χ0n) is 20.8. The Morgan fingerprint density at radius 1 is 1.05 bits per heavy atom. The van der Waals surface area contributed by atoms with Gasteiger partial charge in [-0.05, 0) is 72.3 Å². The summed E-state index contributed by atoms with van der Waals surface area (Å²) < 4.78 is 21.4. The van der Waals surface area contributed by atoms with Gasteiger partial charge in [-0.2, -0.15) is 5.10 Å². The van der Waals surface area contributed by atoms with Gasteiger partial charge in [-0.1, -0.05) is 18.7 Å². The number of hydrogen-bond acceptors (Lipinski definition) is 6. The predicted molar refractivity (Wildman–Crippen MR) is 148 cm³/mol. The summed E-state index contributed by atoms with van der Waals surface area (Å²) >= 11 is 0. The molecule has 3 aromatic heterocycles. The van der Waals surface area contributed by atoms with Crippen molar-refractivity contribution in [2.45, 2.75) is 13.1 Å². The van der Waals surface area contributed by atoms with Gasteiger partial charge < -0.3 is 15.1 Å². The average molecular weight is 519 g/mol. The van der Waals surface area contributed by atoms with Crippen LogP contribution in [0.3, 0.4) is 0 Å². The highest BCUT2D eigenvalue weighted by atomic mass is 19.1. The van der Waals surface area contributed by atoms with E-state index < -0.39 is 0 Å². The SMILES string of the molecule is C=CC(=O)NCc1ccc(-c2ccc3ncnc(Nc4ccc5c(cnn5Cc5cccc(F)c5)c4)c3c2)o1. The van der Waals surface area contributed by atoms with Crippen LogP contribution in [0, 0.1) is 5.82 Å². The lowest BCUT2D eigenvalue weighted by Crippen LogP contribution is -2.19. The van der Waals surface area contributed by atoms with E-state index in [-0.39, 0.29) is 18.3 Å². The normalized spacial score (nSPS) is 11.1. The molecule has 2 N–H and O–H groups in total. The van der Waals surface area contributed by atoms with E-state index in [0.29, 0.717) is 23.9 Å². The molecule has 0 aliphatic rings. The average Bonchev–Trinajstić information content (AvgIpc) is 3.59. The smallest absolute Gasteiger partial charge is 0.243 e. The van der Waals surface area contributed by atoms with Crippen molar-refractivity contribution in [1.29, 1.82) is 0 Å². The van der Waals surface area contributed by atoms with Crippen LogP contribution < -0.4 is 10.6 Å². The maximum atomic E-state index is 13.6. The van der Waals surface area contributed by atoms with Gasteiger partial charge in [0.15, 0.2) is 0 Å². The van der Waals surface area contributed by atoms with Crippen LogP contribution in [-0.4, -0.2) is 25.7 Å². The zero-order valence-corrected chi connectivity index (χ0v) is 20.8. The largest absolute Gasteiger partial charge is 0.459 e. The van der Waals surface area contributed by atoms with Crippen molar-refractivity contribution in [1.82, 2.24) is 25.1 Å². The van der Waals surface area contributed by atoms with Crippen LogP contribution in [0.4, 0.5) is 15.9 Å². The Kier molecular flexibility index (Phi) is 6.30. The second-order valence-corrected chi connectivity index (χ2v) is 8.97. The minimum absolute atomic E-state index is 0.261. The van der Waals surface area contributed by atoms with Crippen molar-refractivity contribution >= 4 is 39.2 Å². The van der Waals surface area contributed by atoms with E-state index in [9.17, 15) is 9.18 Å². The molecule has 6 rings (SSSR count). The Morgan fingerprint density at radius 2 is 1.97 bits per heavy atom. The highest BCUT2D eigenvalue weighted by Gasteiger charge is 2.11. The van der Waals surface area contributed by atoms with E-state index in [1.807, 2.05) is 59.3 Å². The summed E-state index contributed by atoms with van der Waals surface area (Å²) in [5.41, 5.74) is 4.27. The van der Waals surface area contributed by atoms with E-state index in [4.69, 9.17) is 4.42 Å². The molecule has 0 radical (unpaired) electrons. The van der Waals surface area contributed by atoms with Crippen molar-refractivity contribution < 1.29 is 13.6 Å². The fourth-order valence-corrected chi connectivity index (χ4v) is 4.42. The molecule has 0 bridgehead atoms. The Morgan fingerprint density at radius 3 is 2.85 bits per heavy atom. The van der Waals surface area contributed by atoms with Gasteiger partial charge in [0.25, 0.3) is 0 Å². The first-order valence-electron chi connectivity index (χ1n) is 12.3. The minimum atomic E-state index is -0.264. The molecule has 3 aromatic carbocycles. The summed E-state index contributed by atoms with van der Waals surface area (Å²) in [7, 11) is 0. The van der Waals surface area contributed by atoms with Crippen molar-refractivity contribution in [3.05, 3.63) is 115 Å². The summed E-state index contributed by atoms with van der Waals surface area (Å²) in [5, 5.41) is 12.4. The van der Waals surface area contributed by atoms with Crippen molar-refractivity contribution in [3.63, 3.8) is 0 Å². The van der Waals surface area contributed by atoms with Gasteiger partial charge in [-0.15, -0.1) is 0 Å².